The van der Waals surface area contributed by atoms with E-state index in [1.54, 1.807) is 24.3 Å². The Morgan fingerprint density at radius 2 is 1.26 bits per heavy atom. The minimum absolute atomic E-state index is 0.0290. The van der Waals surface area contributed by atoms with Crippen molar-refractivity contribution in [2.45, 2.75) is 12.5 Å². The molecule has 0 aliphatic rings. The summed E-state index contributed by atoms with van der Waals surface area (Å²) in [6.07, 6.45) is -0.0572. The molecule has 46 heavy (non-hydrogen) atoms. The zero-order chi connectivity index (χ0) is 33.3. The van der Waals surface area contributed by atoms with E-state index in [4.69, 9.17) is 4.74 Å². The Hall–Kier alpha value is -6.56. The quantitative estimate of drug-likeness (QED) is 0.0625. The van der Waals surface area contributed by atoms with Crippen molar-refractivity contribution in [3.05, 3.63) is 90.0 Å². The third-order valence-electron chi connectivity index (χ3n) is 7.19. The lowest BCUT2D eigenvalue weighted by molar-refractivity contribution is -0.160. The molecule has 0 aliphatic heterocycles. The van der Waals surface area contributed by atoms with Gasteiger partial charge >= 0.3 is 11.9 Å². The van der Waals surface area contributed by atoms with Crippen LogP contribution in [0.3, 0.4) is 0 Å². The van der Waals surface area contributed by atoms with Gasteiger partial charge in [-0.15, -0.1) is 0 Å². The van der Waals surface area contributed by atoms with E-state index in [9.17, 15) is 55.5 Å². The molecule has 12 heteroatoms. The topological polar surface area (TPSA) is 225 Å². The van der Waals surface area contributed by atoms with Crippen molar-refractivity contribution in [2.24, 2.45) is 0 Å². The van der Waals surface area contributed by atoms with Gasteiger partial charge in [0.1, 0.15) is 5.75 Å². The van der Waals surface area contributed by atoms with Crippen LogP contribution in [0.1, 0.15) is 11.1 Å². The van der Waals surface area contributed by atoms with Crippen molar-refractivity contribution < 1.29 is 60.3 Å². The van der Waals surface area contributed by atoms with Crippen molar-refractivity contribution >= 4 is 28.8 Å². The normalized spacial score (nSPS) is 11.9. The lowest BCUT2D eigenvalue weighted by atomic mass is 9.91. The van der Waals surface area contributed by atoms with Crippen LogP contribution >= 0.6 is 0 Å². The molecule has 5 aromatic carbocycles. The van der Waals surface area contributed by atoms with Crippen molar-refractivity contribution in [3.63, 3.8) is 0 Å². The SMILES string of the molecule is O=C(C=Cc1cc(O)c(O)c2ccc(-c3cc(O)c(O)cc3-c3cccc(O)c3)cc12)O[C@H](Cc1cc(O)c(O)c(O)c1)C(=O)O. The number of carboxylic acid groups (broad SMARTS) is 1. The molecule has 0 amide bonds. The van der Waals surface area contributed by atoms with Gasteiger partial charge in [0.15, 0.2) is 40.2 Å². The molecule has 0 aromatic heterocycles. The summed E-state index contributed by atoms with van der Waals surface area (Å²) in [6, 6.07) is 16.8. The molecule has 5 aromatic rings. The van der Waals surface area contributed by atoms with Crippen LogP contribution in [0, 0.1) is 0 Å². The molecule has 5 rings (SSSR count). The van der Waals surface area contributed by atoms with E-state index in [2.05, 4.69) is 0 Å². The number of carboxylic acids is 1. The van der Waals surface area contributed by atoms with Crippen molar-refractivity contribution in [1.29, 1.82) is 0 Å². The van der Waals surface area contributed by atoms with Crippen LogP contribution in [-0.2, 0) is 20.7 Å². The van der Waals surface area contributed by atoms with Crippen LogP contribution in [-0.4, -0.2) is 64.0 Å². The molecule has 0 radical (unpaired) electrons. The Bertz CT molecular complexity index is 2020. The smallest absolute Gasteiger partial charge is 0.345 e. The Morgan fingerprint density at radius 1 is 0.652 bits per heavy atom. The molecule has 0 saturated carbocycles. The van der Waals surface area contributed by atoms with E-state index in [0.29, 0.717) is 27.6 Å². The number of hydrogen-bond donors (Lipinski definition) is 9. The van der Waals surface area contributed by atoms with Crippen molar-refractivity contribution in [3.8, 4) is 68.2 Å². The Labute approximate surface area is 259 Å². The number of rotatable bonds is 8. The molecule has 12 nitrogen and oxygen atoms in total. The van der Waals surface area contributed by atoms with Gasteiger partial charge in [0, 0.05) is 17.9 Å². The van der Waals surface area contributed by atoms with Crippen LogP contribution in [0.4, 0.5) is 0 Å². The largest absolute Gasteiger partial charge is 0.508 e. The number of phenols is 8. The maximum Gasteiger partial charge on any atom is 0.345 e. The lowest BCUT2D eigenvalue weighted by Gasteiger charge is -2.15. The number of carbonyl (C=O) groups excluding carboxylic acids is 1. The minimum atomic E-state index is -1.74. The average Bonchev–Trinajstić information content (AvgIpc) is 3.01. The minimum Gasteiger partial charge on any atom is -0.508 e. The van der Waals surface area contributed by atoms with E-state index >= 15 is 0 Å². The zero-order valence-electron chi connectivity index (χ0n) is 23.6. The first-order chi connectivity index (χ1) is 21.8. The number of ether oxygens (including phenoxy) is 1. The van der Waals surface area contributed by atoms with Crippen molar-refractivity contribution in [1.82, 2.24) is 0 Å². The van der Waals surface area contributed by atoms with Gasteiger partial charge in [0.05, 0.1) is 0 Å². The maximum atomic E-state index is 12.7. The number of carbonyl (C=O) groups is 2. The van der Waals surface area contributed by atoms with Gasteiger partial charge in [-0.3, -0.25) is 0 Å². The molecule has 234 valence electrons. The van der Waals surface area contributed by atoms with Gasteiger partial charge < -0.3 is 50.7 Å². The molecule has 1 atom stereocenters. The summed E-state index contributed by atoms with van der Waals surface area (Å²) in [5.41, 5.74) is 2.16. The fourth-order valence-electron chi connectivity index (χ4n) is 4.96. The molecular weight excluding hydrogens is 600 g/mol. The summed E-state index contributed by atoms with van der Waals surface area (Å²) >= 11 is 0. The summed E-state index contributed by atoms with van der Waals surface area (Å²) < 4.78 is 5.07. The molecule has 0 bridgehead atoms. The van der Waals surface area contributed by atoms with Gasteiger partial charge in [-0.25, -0.2) is 9.59 Å². The summed E-state index contributed by atoms with van der Waals surface area (Å²) in [5, 5.41) is 90.5. The van der Waals surface area contributed by atoms with E-state index < -0.39 is 64.7 Å². The van der Waals surface area contributed by atoms with Gasteiger partial charge in [-0.05, 0) is 99.4 Å². The Balaban J connectivity index is 1.51. The van der Waals surface area contributed by atoms with Gasteiger partial charge in [0.2, 0.25) is 6.10 Å². The predicted molar refractivity (Wildman–Crippen MR) is 165 cm³/mol. The number of hydrogen-bond acceptors (Lipinski definition) is 11. The first-order valence-electron chi connectivity index (χ1n) is 13.5. The molecule has 9 N–H and O–H groups in total. The van der Waals surface area contributed by atoms with E-state index in [-0.39, 0.29) is 22.3 Å². The highest BCUT2D eigenvalue weighted by atomic mass is 16.6. The highest BCUT2D eigenvalue weighted by Crippen LogP contribution is 2.44. The second-order valence-electron chi connectivity index (χ2n) is 10.3. The van der Waals surface area contributed by atoms with E-state index in [1.807, 2.05) is 0 Å². The first kappa shape index (κ1) is 30.9. The monoisotopic (exact) mass is 626 g/mol. The van der Waals surface area contributed by atoms with E-state index in [0.717, 1.165) is 18.2 Å². The second kappa shape index (κ2) is 12.2. The number of esters is 1. The number of fused-ring (bicyclic) bond motifs is 1. The summed E-state index contributed by atoms with van der Waals surface area (Å²) in [4.78, 5) is 24.5. The summed E-state index contributed by atoms with van der Waals surface area (Å²) in [6.45, 7) is 0. The number of aliphatic carboxylic acids is 1. The highest BCUT2D eigenvalue weighted by Gasteiger charge is 2.23. The molecular formula is C34H26O12. The van der Waals surface area contributed by atoms with Crippen molar-refractivity contribution in [2.75, 3.05) is 0 Å². The van der Waals surface area contributed by atoms with Crippen LogP contribution in [0.15, 0.2) is 78.9 Å². The average molecular weight is 627 g/mol. The number of benzene rings is 5. The summed E-state index contributed by atoms with van der Waals surface area (Å²) in [5.74, 6) is -6.59. The van der Waals surface area contributed by atoms with Gasteiger partial charge in [-0.2, -0.15) is 0 Å². The molecule has 0 aliphatic carbocycles. The fourth-order valence-corrected chi connectivity index (χ4v) is 4.96. The van der Waals surface area contributed by atoms with Crippen LogP contribution in [0.2, 0.25) is 0 Å². The standard InChI is InChI=1S/C34H26O12/c35-20-3-1-2-17(11-20)23-14-25(36)26(37)15-24(23)18-4-6-21-22(12-18)19(13-29(40)32(21)42)5-7-31(41)46-30(34(44)45)10-16-8-27(38)33(43)28(39)9-16/h1-9,11-15,30,35-40,42-43H,10H2,(H,44,45)/t30-/m1/s1. The zero-order valence-corrected chi connectivity index (χ0v) is 23.6. The van der Waals surface area contributed by atoms with Crippen LogP contribution in [0.5, 0.6) is 46.0 Å². The fraction of sp³-hybridized carbons (Fsp3) is 0.0588. The number of phenolic OH excluding ortho intramolecular Hbond substituents is 8. The van der Waals surface area contributed by atoms with E-state index in [1.165, 1.54) is 42.5 Å². The number of aromatic hydroxyl groups is 8. The predicted octanol–water partition coefficient (Wildman–Crippen LogP) is 5.07. The Morgan fingerprint density at radius 3 is 1.87 bits per heavy atom. The maximum absolute atomic E-state index is 12.7. The third-order valence-corrected chi connectivity index (χ3v) is 7.19. The molecule has 0 spiro atoms. The molecule has 0 unspecified atom stereocenters. The van der Waals surface area contributed by atoms with Gasteiger partial charge in [0.25, 0.3) is 0 Å². The third kappa shape index (κ3) is 6.21. The highest BCUT2D eigenvalue weighted by molar-refractivity contribution is 6.02. The van der Waals surface area contributed by atoms with Crippen LogP contribution in [0.25, 0.3) is 39.1 Å². The molecule has 0 saturated heterocycles. The lowest BCUT2D eigenvalue weighted by Crippen LogP contribution is -2.28. The summed E-state index contributed by atoms with van der Waals surface area (Å²) in [7, 11) is 0. The Kier molecular flexibility index (Phi) is 8.20. The van der Waals surface area contributed by atoms with Crippen LogP contribution < -0.4 is 0 Å². The molecule has 0 fully saturated rings. The second-order valence-corrected chi connectivity index (χ2v) is 10.3. The first-order valence-corrected chi connectivity index (χ1v) is 13.5. The van der Waals surface area contributed by atoms with Gasteiger partial charge in [-0.1, -0.05) is 18.2 Å². The molecule has 0 heterocycles.